The number of piperidine rings is 1. The van der Waals surface area contributed by atoms with Crippen molar-refractivity contribution in [1.82, 2.24) is 0 Å². The third-order valence-corrected chi connectivity index (χ3v) is 4.80. The Morgan fingerprint density at radius 1 is 1.00 bits per heavy atom. The molecule has 1 heterocycles. The second-order valence-corrected chi connectivity index (χ2v) is 6.91. The Hall–Kier alpha value is -2.69. The lowest BCUT2D eigenvalue weighted by molar-refractivity contribution is -0.116. The number of hydrogen-bond donors (Lipinski definition) is 2. The molecule has 0 aliphatic carbocycles. The van der Waals surface area contributed by atoms with E-state index in [0.29, 0.717) is 6.61 Å². The van der Waals surface area contributed by atoms with Gasteiger partial charge >= 0.3 is 0 Å². The molecule has 1 aliphatic rings. The number of rotatable bonds is 7. The molecule has 1 unspecified atom stereocenters. The molecule has 27 heavy (non-hydrogen) atoms. The van der Waals surface area contributed by atoms with E-state index in [1.165, 1.54) is 24.9 Å². The van der Waals surface area contributed by atoms with Gasteiger partial charge in [-0.05, 0) is 81.6 Å². The summed E-state index contributed by atoms with van der Waals surface area (Å²) >= 11 is 0. The van der Waals surface area contributed by atoms with Crippen LogP contribution in [0.2, 0.25) is 0 Å². The molecule has 1 atom stereocenters. The smallest absolute Gasteiger partial charge is 0.246 e. The summed E-state index contributed by atoms with van der Waals surface area (Å²) in [6.45, 7) is 6.69. The van der Waals surface area contributed by atoms with Gasteiger partial charge in [0.05, 0.1) is 6.61 Å². The Morgan fingerprint density at radius 3 is 2.26 bits per heavy atom. The molecule has 5 heteroatoms. The van der Waals surface area contributed by atoms with Crippen LogP contribution in [0.5, 0.6) is 5.75 Å². The molecule has 0 aromatic heterocycles. The Labute approximate surface area is 161 Å². The zero-order valence-corrected chi connectivity index (χ0v) is 16.2. The first-order chi connectivity index (χ1) is 13.2. The van der Waals surface area contributed by atoms with E-state index in [1.807, 2.05) is 50.2 Å². The van der Waals surface area contributed by atoms with Crippen molar-refractivity contribution < 1.29 is 9.53 Å². The second kappa shape index (κ2) is 9.31. The molecular formula is C22H29N3O2. The van der Waals surface area contributed by atoms with Gasteiger partial charge in [-0.2, -0.15) is 0 Å². The van der Waals surface area contributed by atoms with E-state index < -0.39 is 0 Å². The summed E-state index contributed by atoms with van der Waals surface area (Å²) in [6, 6.07) is 15.4. The minimum atomic E-state index is -0.343. The maximum atomic E-state index is 12.5. The van der Waals surface area contributed by atoms with E-state index >= 15 is 0 Å². The molecule has 2 N–H and O–H groups in total. The number of anilines is 3. The van der Waals surface area contributed by atoms with Crippen LogP contribution in [0.1, 0.15) is 33.1 Å². The second-order valence-electron chi connectivity index (χ2n) is 6.91. The fourth-order valence-corrected chi connectivity index (χ4v) is 3.29. The minimum Gasteiger partial charge on any atom is -0.494 e. The van der Waals surface area contributed by atoms with Gasteiger partial charge in [0.25, 0.3) is 0 Å². The molecule has 0 saturated carbocycles. The predicted octanol–water partition coefficient (Wildman–Crippen LogP) is 4.51. The van der Waals surface area contributed by atoms with E-state index in [2.05, 4.69) is 27.7 Å². The zero-order valence-electron chi connectivity index (χ0n) is 16.2. The van der Waals surface area contributed by atoms with Crippen LogP contribution < -0.4 is 20.3 Å². The maximum Gasteiger partial charge on any atom is 0.246 e. The normalized spacial score (nSPS) is 15.1. The van der Waals surface area contributed by atoms with Crippen molar-refractivity contribution in [2.45, 2.75) is 39.2 Å². The van der Waals surface area contributed by atoms with Gasteiger partial charge in [-0.15, -0.1) is 0 Å². The van der Waals surface area contributed by atoms with Crippen molar-refractivity contribution >= 4 is 23.0 Å². The third kappa shape index (κ3) is 5.39. The van der Waals surface area contributed by atoms with Crippen molar-refractivity contribution in [3.05, 3.63) is 48.5 Å². The van der Waals surface area contributed by atoms with Crippen molar-refractivity contribution in [2.75, 3.05) is 35.2 Å². The molecule has 2 aromatic rings. The molecule has 0 spiro atoms. The fraction of sp³-hybridized carbons (Fsp3) is 0.409. The van der Waals surface area contributed by atoms with Crippen LogP contribution in [0.4, 0.5) is 17.1 Å². The molecule has 144 valence electrons. The van der Waals surface area contributed by atoms with Gasteiger partial charge in [-0.3, -0.25) is 4.79 Å². The van der Waals surface area contributed by atoms with Crippen LogP contribution in [-0.2, 0) is 4.79 Å². The van der Waals surface area contributed by atoms with Gasteiger partial charge < -0.3 is 20.3 Å². The molecular weight excluding hydrogens is 338 g/mol. The Morgan fingerprint density at radius 2 is 1.63 bits per heavy atom. The average Bonchev–Trinajstić information content (AvgIpc) is 2.71. The predicted molar refractivity (Wildman–Crippen MR) is 112 cm³/mol. The highest BCUT2D eigenvalue weighted by atomic mass is 16.5. The summed E-state index contributed by atoms with van der Waals surface area (Å²) in [5.74, 6) is 0.767. The highest BCUT2D eigenvalue weighted by molar-refractivity contribution is 5.96. The molecule has 0 radical (unpaired) electrons. The summed E-state index contributed by atoms with van der Waals surface area (Å²) in [6.07, 6.45) is 3.84. The van der Waals surface area contributed by atoms with Crippen molar-refractivity contribution in [1.29, 1.82) is 0 Å². The van der Waals surface area contributed by atoms with Crippen LogP contribution in [-0.4, -0.2) is 31.6 Å². The molecule has 3 rings (SSSR count). The average molecular weight is 367 g/mol. The number of benzene rings is 2. The number of carbonyl (C=O) groups is 1. The van der Waals surface area contributed by atoms with Crippen LogP contribution in [0.15, 0.2) is 48.5 Å². The lowest BCUT2D eigenvalue weighted by atomic mass is 10.1. The number of nitrogens with zero attached hydrogens (tertiary/aromatic N) is 1. The number of carbonyl (C=O) groups excluding carboxylic acids is 1. The zero-order chi connectivity index (χ0) is 19.1. The molecule has 1 fully saturated rings. The first-order valence-corrected chi connectivity index (χ1v) is 9.81. The maximum absolute atomic E-state index is 12.5. The Balaban J connectivity index is 1.52. The third-order valence-electron chi connectivity index (χ3n) is 4.80. The molecule has 2 aromatic carbocycles. The molecule has 1 saturated heterocycles. The molecule has 5 nitrogen and oxygen atoms in total. The number of nitrogens with one attached hydrogen (secondary N) is 2. The van der Waals surface area contributed by atoms with Gasteiger partial charge in [0, 0.05) is 30.2 Å². The topological polar surface area (TPSA) is 53.6 Å². The van der Waals surface area contributed by atoms with E-state index in [0.717, 1.165) is 30.2 Å². The van der Waals surface area contributed by atoms with E-state index in [-0.39, 0.29) is 11.9 Å². The first kappa shape index (κ1) is 19.1. The van der Waals surface area contributed by atoms with Gasteiger partial charge in [0.15, 0.2) is 0 Å². The van der Waals surface area contributed by atoms with Crippen LogP contribution in [0.3, 0.4) is 0 Å². The number of hydrogen-bond acceptors (Lipinski definition) is 4. The van der Waals surface area contributed by atoms with Crippen LogP contribution >= 0.6 is 0 Å². The quantitative estimate of drug-likeness (QED) is 0.756. The largest absolute Gasteiger partial charge is 0.494 e. The molecule has 0 bridgehead atoms. The highest BCUT2D eigenvalue weighted by Crippen LogP contribution is 2.22. The van der Waals surface area contributed by atoms with E-state index in [9.17, 15) is 4.79 Å². The van der Waals surface area contributed by atoms with Gasteiger partial charge in [0.2, 0.25) is 5.91 Å². The summed E-state index contributed by atoms with van der Waals surface area (Å²) in [5, 5.41) is 6.20. The Kier molecular flexibility index (Phi) is 6.58. The SMILES string of the molecule is CCOc1ccc(NC(C)C(=O)Nc2ccc(N3CCCCC3)cc2)cc1. The first-order valence-electron chi connectivity index (χ1n) is 9.81. The number of amides is 1. The fourth-order valence-electron chi connectivity index (χ4n) is 3.29. The lowest BCUT2D eigenvalue weighted by Gasteiger charge is -2.28. The molecule has 1 aliphatic heterocycles. The molecule has 1 amide bonds. The number of ether oxygens (including phenoxy) is 1. The van der Waals surface area contributed by atoms with Crippen molar-refractivity contribution in [3.8, 4) is 5.75 Å². The van der Waals surface area contributed by atoms with Crippen molar-refractivity contribution in [2.24, 2.45) is 0 Å². The van der Waals surface area contributed by atoms with Gasteiger partial charge in [-0.1, -0.05) is 0 Å². The van der Waals surface area contributed by atoms with Gasteiger partial charge in [0.1, 0.15) is 11.8 Å². The van der Waals surface area contributed by atoms with E-state index in [4.69, 9.17) is 4.74 Å². The van der Waals surface area contributed by atoms with Crippen LogP contribution in [0.25, 0.3) is 0 Å². The highest BCUT2D eigenvalue weighted by Gasteiger charge is 2.14. The summed E-state index contributed by atoms with van der Waals surface area (Å²) < 4.78 is 5.44. The lowest BCUT2D eigenvalue weighted by Crippen LogP contribution is -2.32. The monoisotopic (exact) mass is 367 g/mol. The van der Waals surface area contributed by atoms with Crippen molar-refractivity contribution in [3.63, 3.8) is 0 Å². The standard InChI is InChI=1S/C22H29N3O2/c1-3-27-21-13-9-18(10-14-21)23-17(2)22(26)24-19-7-11-20(12-8-19)25-15-5-4-6-16-25/h7-14,17,23H,3-6,15-16H2,1-2H3,(H,24,26). The van der Waals surface area contributed by atoms with Crippen LogP contribution in [0, 0.1) is 0 Å². The minimum absolute atomic E-state index is 0.0605. The summed E-state index contributed by atoms with van der Waals surface area (Å²) in [4.78, 5) is 14.9. The van der Waals surface area contributed by atoms with E-state index in [1.54, 1.807) is 0 Å². The summed E-state index contributed by atoms with van der Waals surface area (Å²) in [5.41, 5.74) is 2.94. The Bertz CT molecular complexity index is 722. The summed E-state index contributed by atoms with van der Waals surface area (Å²) in [7, 11) is 0. The van der Waals surface area contributed by atoms with Gasteiger partial charge in [-0.25, -0.2) is 0 Å².